The Hall–Kier alpha value is -2.07. The summed E-state index contributed by atoms with van der Waals surface area (Å²) in [5, 5.41) is 2.85. The van der Waals surface area contributed by atoms with Crippen molar-refractivity contribution in [3.63, 3.8) is 0 Å². The third-order valence-corrected chi connectivity index (χ3v) is 6.89. The van der Waals surface area contributed by atoms with E-state index in [0.29, 0.717) is 12.2 Å². The zero-order valence-corrected chi connectivity index (χ0v) is 19.5. The highest BCUT2D eigenvalue weighted by molar-refractivity contribution is 7.98. The molecule has 9 heteroatoms. The van der Waals surface area contributed by atoms with Gasteiger partial charge in [0, 0.05) is 31.1 Å². The molecule has 31 heavy (non-hydrogen) atoms. The summed E-state index contributed by atoms with van der Waals surface area (Å²) >= 11 is 1.52. The Kier molecular flexibility index (Phi) is 8.36. The predicted molar refractivity (Wildman–Crippen MR) is 125 cm³/mol. The van der Waals surface area contributed by atoms with Crippen LogP contribution in [-0.4, -0.2) is 64.6 Å². The Morgan fingerprint density at radius 1 is 1.13 bits per heavy atom. The molecule has 1 aliphatic rings. The monoisotopic (exact) mass is 463 g/mol. The number of benzene rings is 2. The van der Waals surface area contributed by atoms with Crippen LogP contribution < -0.4 is 9.62 Å². The molecule has 0 radical (unpaired) electrons. The Morgan fingerprint density at radius 3 is 2.55 bits per heavy atom. The van der Waals surface area contributed by atoms with Gasteiger partial charge in [0.1, 0.15) is 6.54 Å². The van der Waals surface area contributed by atoms with Crippen molar-refractivity contribution in [2.24, 2.45) is 0 Å². The Labute approximate surface area is 188 Å². The number of nitrogens with one attached hydrogen (secondary N) is 1. The van der Waals surface area contributed by atoms with E-state index in [4.69, 9.17) is 4.74 Å². The summed E-state index contributed by atoms with van der Waals surface area (Å²) in [7, 11) is -3.60. The van der Waals surface area contributed by atoms with Crippen molar-refractivity contribution in [2.75, 3.05) is 49.7 Å². The molecule has 0 bridgehead atoms. The summed E-state index contributed by atoms with van der Waals surface area (Å²) in [6, 6.07) is 15.2. The van der Waals surface area contributed by atoms with Crippen molar-refractivity contribution in [1.29, 1.82) is 0 Å². The molecule has 0 unspecified atom stereocenters. The van der Waals surface area contributed by atoms with Gasteiger partial charge in [0.2, 0.25) is 15.9 Å². The average Bonchev–Trinajstić information content (AvgIpc) is 2.76. The van der Waals surface area contributed by atoms with Gasteiger partial charge in [-0.25, -0.2) is 8.42 Å². The number of sulfonamides is 1. The first kappa shape index (κ1) is 23.6. The lowest BCUT2D eigenvalue weighted by molar-refractivity contribution is -0.119. The Bertz CT molecular complexity index is 992. The summed E-state index contributed by atoms with van der Waals surface area (Å²) in [4.78, 5) is 15.8. The van der Waals surface area contributed by atoms with Crippen molar-refractivity contribution in [3.8, 4) is 0 Å². The highest BCUT2D eigenvalue weighted by atomic mass is 32.2. The van der Waals surface area contributed by atoms with Crippen LogP contribution in [0.15, 0.2) is 53.4 Å². The molecular formula is C22H29N3O4S2. The lowest BCUT2D eigenvalue weighted by atomic mass is 10.1. The number of carbonyl (C=O) groups excluding carboxylic acids is 1. The van der Waals surface area contributed by atoms with Crippen LogP contribution in [-0.2, 0) is 32.6 Å². The molecule has 1 heterocycles. The van der Waals surface area contributed by atoms with Crippen LogP contribution in [0.1, 0.15) is 11.1 Å². The van der Waals surface area contributed by atoms with E-state index in [0.717, 1.165) is 53.9 Å². The second-order valence-electron chi connectivity index (χ2n) is 7.46. The average molecular weight is 464 g/mol. The summed E-state index contributed by atoms with van der Waals surface area (Å²) in [6.07, 6.45) is 3.03. The van der Waals surface area contributed by atoms with E-state index in [9.17, 15) is 13.2 Å². The van der Waals surface area contributed by atoms with Crippen molar-refractivity contribution in [3.05, 3.63) is 59.7 Å². The molecule has 0 aliphatic carbocycles. The number of nitrogens with zero attached hydrogens (tertiary/aromatic N) is 2. The maximum atomic E-state index is 12.6. The quantitative estimate of drug-likeness (QED) is 0.575. The summed E-state index contributed by atoms with van der Waals surface area (Å²) in [5.74, 6) is -0.349. The van der Waals surface area contributed by atoms with Gasteiger partial charge in [0.05, 0.1) is 25.2 Å². The van der Waals surface area contributed by atoms with Crippen LogP contribution in [0, 0.1) is 0 Å². The molecule has 1 N–H and O–H groups in total. The smallest absolute Gasteiger partial charge is 0.241 e. The topological polar surface area (TPSA) is 79.0 Å². The molecule has 0 spiro atoms. The first-order valence-electron chi connectivity index (χ1n) is 10.1. The highest BCUT2D eigenvalue weighted by Crippen LogP contribution is 2.23. The number of hydrogen-bond acceptors (Lipinski definition) is 6. The Balaban J connectivity index is 1.60. The molecule has 168 valence electrons. The number of carbonyl (C=O) groups is 1. The second kappa shape index (κ2) is 11.0. The van der Waals surface area contributed by atoms with Gasteiger partial charge in [-0.3, -0.25) is 14.0 Å². The van der Waals surface area contributed by atoms with Gasteiger partial charge >= 0.3 is 0 Å². The summed E-state index contributed by atoms with van der Waals surface area (Å²) in [6.45, 7) is 4.28. The molecule has 1 fully saturated rings. The van der Waals surface area contributed by atoms with E-state index < -0.39 is 10.0 Å². The molecular weight excluding hydrogens is 434 g/mol. The van der Waals surface area contributed by atoms with Gasteiger partial charge in [0.15, 0.2) is 0 Å². The van der Waals surface area contributed by atoms with E-state index in [-0.39, 0.29) is 12.5 Å². The van der Waals surface area contributed by atoms with E-state index in [1.54, 1.807) is 18.2 Å². The number of thioether (sulfide) groups is 1. The third kappa shape index (κ3) is 7.24. The van der Waals surface area contributed by atoms with E-state index in [1.165, 1.54) is 17.3 Å². The van der Waals surface area contributed by atoms with E-state index in [2.05, 4.69) is 22.3 Å². The first-order chi connectivity index (χ1) is 14.8. The minimum atomic E-state index is -3.60. The number of amides is 1. The second-order valence-corrected chi connectivity index (χ2v) is 10.2. The number of rotatable bonds is 9. The molecule has 1 aliphatic heterocycles. The van der Waals surface area contributed by atoms with E-state index >= 15 is 0 Å². The number of morpholine rings is 1. The molecule has 3 rings (SSSR count). The van der Waals surface area contributed by atoms with Gasteiger partial charge in [-0.15, -0.1) is 11.8 Å². The SMILES string of the molecule is CSc1cccc(N(CC(=O)NCc2cccc(CN3CCOCC3)c2)S(C)(=O)=O)c1. The van der Waals surface area contributed by atoms with Crippen molar-refractivity contribution in [1.82, 2.24) is 10.2 Å². The van der Waals surface area contributed by atoms with Gasteiger partial charge in [-0.1, -0.05) is 30.3 Å². The fourth-order valence-corrected chi connectivity index (χ4v) is 4.71. The lowest BCUT2D eigenvalue weighted by Crippen LogP contribution is -2.40. The standard InChI is InChI=1S/C22H29N3O4S2/c1-30-21-8-4-7-20(14-21)25(31(2,27)28)17-22(26)23-15-18-5-3-6-19(13-18)16-24-9-11-29-12-10-24/h3-8,13-14H,9-12,15-17H2,1-2H3,(H,23,26). The molecule has 0 aromatic heterocycles. The first-order valence-corrected chi connectivity index (χ1v) is 13.2. The maximum absolute atomic E-state index is 12.6. The third-order valence-electron chi connectivity index (χ3n) is 5.02. The minimum Gasteiger partial charge on any atom is -0.379 e. The predicted octanol–water partition coefficient (Wildman–Crippen LogP) is 2.32. The fourth-order valence-electron chi connectivity index (χ4n) is 3.41. The van der Waals surface area contributed by atoms with Crippen molar-refractivity contribution >= 4 is 33.4 Å². The number of anilines is 1. The molecule has 2 aromatic carbocycles. The molecule has 0 saturated carbocycles. The van der Waals surface area contributed by atoms with Crippen molar-refractivity contribution < 1.29 is 17.9 Å². The molecule has 0 atom stereocenters. The number of ether oxygens (including phenoxy) is 1. The Morgan fingerprint density at radius 2 is 1.84 bits per heavy atom. The zero-order chi connectivity index (χ0) is 22.3. The lowest BCUT2D eigenvalue weighted by Gasteiger charge is -2.26. The van der Waals surface area contributed by atoms with Gasteiger partial charge in [-0.2, -0.15) is 0 Å². The van der Waals surface area contributed by atoms with E-state index in [1.807, 2.05) is 24.5 Å². The van der Waals surface area contributed by atoms with Crippen LogP contribution in [0.2, 0.25) is 0 Å². The largest absolute Gasteiger partial charge is 0.379 e. The van der Waals surface area contributed by atoms with Crippen LogP contribution in [0.4, 0.5) is 5.69 Å². The van der Waals surface area contributed by atoms with Gasteiger partial charge in [-0.05, 0) is 35.6 Å². The van der Waals surface area contributed by atoms with Crippen LogP contribution >= 0.6 is 11.8 Å². The van der Waals surface area contributed by atoms with Gasteiger partial charge in [0.25, 0.3) is 0 Å². The molecule has 7 nitrogen and oxygen atoms in total. The maximum Gasteiger partial charge on any atom is 0.241 e. The highest BCUT2D eigenvalue weighted by Gasteiger charge is 2.21. The van der Waals surface area contributed by atoms with Crippen LogP contribution in [0.3, 0.4) is 0 Å². The zero-order valence-electron chi connectivity index (χ0n) is 17.9. The molecule has 1 saturated heterocycles. The normalized spacial score (nSPS) is 14.9. The van der Waals surface area contributed by atoms with Crippen LogP contribution in [0.25, 0.3) is 0 Å². The van der Waals surface area contributed by atoms with Crippen molar-refractivity contribution in [2.45, 2.75) is 18.0 Å². The van der Waals surface area contributed by atoms with Crippen LogP contribution in [0.5, 0.6) is 0 Å². The fraction of sp³-hybridized carbons (Fsp3) is 0.409. The number of hydrogen-bond donors (Lipinski definition) is 1. The summed E-state index contributed by atoms with van der Waals surface area (Å²) < 4.78 is 31.1. The molecule has 2 aromatic rings. The summed E-state index contributed by atoms with van der Waals surface area (Å²) in [5.41, 5.74) is 2.65. The minimum absolute atomic E-state index is 0.260. The molecule has 1 amide bonds. The van der Waals surface area contributed by atoms with Gasteiger partial charge < -0.3 is 10.1 Å².